The quantitative estimate of drug-likeness (QED) is 0.464. The number of aryl methyl sites for hydroxylation is 1. The largest absolute Gasteiger partial charge is 0.497 e. The lowest BCUT2D eigenvalue weighted by Gasteiger charge is -2.10. The average Bonchev–Trinajstić information content (AvgIpc) is 3.18. The van der Waals surface area contributed by atoms with Gasteiger partial charge in [0.2, 0.25) is 21.8 Å². The molecule has 9 nitrogen and oxygen atoms in total. The van der Waals surface area contributed by atoms with Crippen LogP contribution in [0.4, 0.5) is 5.69 Å². The van der Waals surface area contributed by atoms with E-state index in [0.717, 1.165) is 0 Å². The van der Waals surface area contributed by atoms with E-state index in [-0.39, 0.29) is 30.5 Å². The van der Waals surface area contributed by atoms with E-state index in [0.29, 0.717) is 39.8 Å². The van der Waals surface area contributed by atoms with Gasteiger partial charge in [0.15, 0.2) is 0 Å². The van der Waals surface area contributed by atoms with Gasteiger partial charge in [-0.15, -0.1) is 0 Å². The number of benzene rings is 2. The number of anilines is 1. The number of aromatic nitrogens is 1. The summed E-state index contributed by atoms with van der Waals surface area (Å²) in [6.45, 7) is 3.45. The summed E-state index contributed by atoms with van der Waals surface area (Å²) in [5.41, 5.74) is 2.13. The maximum absolute atomic E-state index is 12.5. The smallest absolute Gasteiger partial charge is 0.232 e. The summed E-state index contributed by atoms with van der Waals surface area (Å²) >= 11 is 0. The molecule has 0 radical (unpaired) electrons. The van der Waals surface area contributed by atoms with Crippen LogP contribution in [0, 0.1) is 6.92 Å². The highest BCUT2D eigenvalue weighted by Gasteiger charge is 2.18. The van der Waals surface area contributed by atoms with Gasteiger partial charge in [0.25, 0.3) is 0 Å². The molecule has 0 saturated carbocycles. The van der Waals surface area contributed by atoms with Crippen molar-refractivity contribution in [3.8, 4) is 23.0 Å². The fraction of sp³-hybridized carbons (Fsp3) is 0.304. The van der Waals surface area contributed by atoms with Crippen LogP contribution in [0.1, 0.15) is 23.9 Å². The third-order valence-electron chi connectivity index (χ3n) is 4.99. The molecule has 3 aromatic rings. The Bertz CT molecular complexity index is 1240. The van der Waals surface area contributed by atoms with E-state index in [9.17, 15) is 13.2 Å². The number of hydrogen-bond acceptors (Lipinski definition) is 7. The first-order chi connectivity index (χ1) is 15.8. The first kappa shape index (κ1) is 24.1. The average molecular weight is 474 g/mol. The number of carbonyl (C=O) groups is 1. The van der Waals surface area contributed by atoms with E-state index in [2.05, 4.69) is 15.0 Å². The summed E-state index contributed by atoms with van der Waals surface area (Å²) in [6.07, 6.45) is 0.103. The third-order valence-corrected chi connectivity index (χ3v) is 6.28. The van der Waals surface area contributed by atoms with Crippen molar-refractivity contribution < 1.29 is 27.1 Å². The summed E-state index contributed by atoms with van der Waals surface area (Å²) in [5, 5.41) is 2.83. The Morgan fingerprint density at radius 2 is 1.88 bits per heavy atom. The third kappa shape index (κ3) is 6.04. The van der Waals surface area contributed by atoms with Gasteiger partial charge >= 0.3 is 0 Å². The second-order valence-electron chi connectivity index (χ2n) is 7.20. The van der Waals surface area contributed by atoms with Crippen LogP contribution in [0.3, 0.4) is 0 Å². The minimum Gasteiger partial charge on any atom is -0.497 e. The van der Waals surface area contributed by atoms with E-state index in [1.807, 2.05) is 0 Å². The van der Waals surface area contributed by atoms with Gasteiger partial charge in [-0.05, 0) is 44.2 Å². The van der Waals surface area contributed by atoms with Crippen LogP contribution >= 0.6 is 0 Å². The van der Waals surface area contributed by atoms with Crippen molar-refractivity contribution in [1.29, 1.82) is 0 Å². The number of amides is 1. The first-order valence-electron chi connectivity index (χ1n) is 10.3. The fourth-order valence-corrected chi connectivity index (χ4v) is 3.80. The van der Waals surface area contributed by atoms with Crippen molar-refractivity contribution in [2.24, 2.45) is 0 Å². The number of methoxy groups -OCH3 is 2. The number of nitrogens with zero attached hydrogens (tertiary/aromatic N) is 1. The fourth-order valence-electron chi connectivity index (χ4n) is 3.14. The molecule has 0 atom stereocenters. The summed E-state index contributed by atoms with van der Waals surface area (Å²) < 4.78 is 42.9. The Labute approximate surface area is 193 Å². The van der Waals surface area contributed by atoms with E-state index < -0.39 is 10.0 Å². The number of ether oxygens (including phenoxy) is 2. The summed E-state index contributed by atoms with van der Waals surface area (Å²) in [7, 11) is -0.363. The minimum atomic E-state index is -3.46. The van der Waals surface area contributed by atoms with Crippen molar-refractivity contribution in [3.63, 3.8) is 0 Å². The SMILES string of the molecule is CCS(=O)(=O)Nc1ccccc1-c1nc(CNC(=O)Cc2cc(OC)ccc2OC)c(C)o1. The van der Waals surface area contributed by atoms with E-state index in [4.69, 9.17) is 13.9 Å². The van der Waals surface area contributed by atoms with Gasteiger partial charge in [0.1, 0.15) is 23.0 Å². The molecule has 0 unspecified atom stereocenters. The van der Waals surface area contributed by atoms with Gasteiger partial charge in [0.05, 0.1) is 44.2 Å². The number of para-hydroxylation sites is 1. The van der Waals surface area contributed by atoms with Crippen LogP contribution in [-0.4, -0.2) is 39.3 Å². The monoisotopic (exact) mass is 473 g/mol. The highest BCUT2D eigenvalue weighted by molar-refractivity contribution is 7.92. The predicted molar refractivity (Wildman–Crippen MR) is 125 cm³/mol. The van der Waals surface area contributed by atoms with E-state index >= 15 is 0 Å². The van der Waals surface area contributed by atoms with Crippen molar-refractivity contribution in [1.82, 2.24) is 10.3 Å². The molecule has 33 heavy (non-hydrogen) atoms. The van der Waals surface area contributed by atoms with Crippen LogP contribution in [0.2, 0.25) is 0 Å². The van der Waals surface area contributed by atoms with Crippen molar-refractivity contribution in [2.45, 2.75) is 26.8 Å². The number of sulfonamides is 1. The molecule has 0 aliphatic carbocycles. The molecule has 0 spiro atoms. The van der Waals surface area contributed by atoms with Gasteiger partial charge in [-0.1, -0.05) is 12.1 Å². The molecule has 176 valence electrons. The molecule has 1 heterocycles. The Hall–Kier alpha value is -3.53. The zero-order valence-corrected chi connectivity index (χ0v) is 19.8. The molecule has 1 amide bonds. The molecule has 0 bridgehead atoms. The number of carbonyl (C=O) groups excluding carboxylic acids is 1. The van der Waals surface area contributed by atoms with Gasteiger partial charge in [0, 0.05) is 5.56 Å². The van der Waals surface area contributed by atoms with Crippen LogP contribution in [-0.2, 0) is 27.8 Å². The van der Waals surface area contributed by atoms with E-state index in [1.54, 1.807) is 70.5 Å². The molecule has 10 heteroatoms. The maximum Gasteiger partial charge on any atom is 0.232 e. The Morgan fingerprint density at radius 3 is 2.58 bits per heavy atom. The standard InChI is InChI=1S/C23H27N3O6S/c1-5-33(28,29)26-19-9-7-6-8-18(19)23-25-20(15(2)32-23)14-24-22(27)13-16-12-17(30-3)10-11-21(16)31-4/h6-12,26H,5,13-14H2,1-4H3,(H,24,27). The predicted octanol–water partition coefficient (Wildman–Crippen LogP) is 3.29. The van der Waals surface area contributed by atoms with Crippen molar-refractivity contribution in [3.05, 3.63) is 59.5 Å². The van der Waals surface area contributed by atoms with Crippen LogP contribution in [0.5, 0.6) is 11.5 Å². The number of nitrogens with one attached hydrogen (secondary N) is 2. The second-order valence-corrected chi connectivity index (χ2v) is 9.22. The highest BCUT2D eigenvalue weighted by atomic mass is 32.2. The normalized spacial score (nSPS) is 11.2. The summed E-state index contributed by atoms with van der Waals surface area (Å²) in [4.78, 5) is 17.0. The highest BCUT2D eigenvalue weighted by Crippen LogP contribution is 2.29. The number of hydrogen-bond donors (Lipinski definition) is 2. The minimum absolute atomic E-state index is 0.0543. The molecule has 0 aliphatic heterocycles. The topological polar surface area (TPSA) is 120 Å². The van der Waals surface area contributed by atoms with Crippen LogP contribution in [0.25, 0.3) is 11.5 Å². The summed E-state index contributed by atoms with van der Waals surface area (Å²) in [5.74, 6) is 1.74. The van der Waals surface area contributed by atoms with Gasteiger partial charge in [-0.25, -0.2) is 13.4 Å². The number of oxazole rings is 1. The van der Waals surface area contributed by atoms with Crippen LogP contribution < -0.4 is 19.5 Å². The molecule has 2 N–H and O–H groups in total. The Balaban J connectivity index is 1.73. The molecular formula is C23H27N3O6S. The lowest BCUT2D eigenvalue weighted by molar-refractivity contribution is -0.120. The lowest BCUT2D eigenvalue weighted by atomic mass is 10.1. The number of rotatable bonds is 10. The molecule has 3 rings (SSSR count). The Kier molecular flexibility index (Phi) is 7.59. The van der Waals surface area contributed by atoms with Gasteiger partial charge in [-0.3, -0.25) is 9.52 Å². The molecule has 0 aliphatic rings. The van der Waals surface area contributed by atoms with Crippen LogP contribution in [0.15, 0.2) is 46.9 Å². The van der Waals surface area contributed by atoms with E-state index in [1.165, 1.54) is 0 Å². The molecule has 0 saturated heterocycles. The van der Waals surface area contributed by atoms with Crippen molar-refractivity contribution >= 4 is 21.6 Å². The molecule has 1 aromatic heterocycles. The van der Waals surface area contributed by atoms with Crippen molar-refractivity contribution in [2.75, 3.05) is 24.7 Å². The zero-order valence-electron chi connectivity index (χ0n) is 19.0. The van der Waals surface area contributed by atoms with Gasteiger partial charge in [-0.2, -0.15) is 0 Å². The molecule has 2 aromatic carbocycles. The molecule has 0 fully saturated rings. The lowest BCUT2D eigenvalue weighted by Crippen LogP contribution is -2.25. The maximum atomic E-state index is 12.5. The van der Waals surface area contributed by atoms with Gasteiger partial charge < -0.3 is 19.2 Å². The summed E-state index contributed by atoms with van der Waals surface area (Å²) in [6, 6.07) is 12.1. The molecular weight excluding hydrogens is 446 g/mol. The zero-order chi connectivity index (χ0) is 24.0. The Morgan fingerprint density at radius 1 is 1.12 bits per heavy atom. The second kappa shape index (κ2) is 10.4. The first-order valence-corrected chi connectivity index (χ1v) is 11.9.